The van der Waals surface area contributed by atoms with Crippen molar-refractivity contribution < 1.29 is 22.7 Å². The second-order valence-electron chi connectivity index (χ2n) is 9.58. The average Bonchev–Trinajstić information content (AvgIpc) is 2.81. The van der Waals surface area contributed by atoms with Gasteiger partial charge < -0.3 is 10.1 Å². The molecule has 0 radical (unpaired) electrons. The number of nitrogens with one attached hydrogen (secondary N) is 2. The Morgan fingerprint density at radius 1 is 1.14 bits per heavy atom. The summed E-state index contributed by atoms with van der Waals surface area (Å²) in [5.41, 5.74) is -1.79. The highest BCUT2D eigenvalue weighted by Crippen LogP contribution is 2.37. The Kier molecular flexibility index (Phi) is 7.59. The summed E-state index contributed by atoms with van der Waals surface area (Å²) in [6.07, 6.45) is -1.08. The molecule has 3 aromatic rings. The number of amides is 1. The lowest BCUT2D eigenvalue weighted by Crippen LogP contribution is -2.46. The van der Waals surface area contributed by atoms with Crippen LogP contribution in [-0.4, -0.2) is 33.6 Å². The molecule has 0 bridgehead atoms. The Hall–Kier alpha value is -3.40. The van der Waals surface area contributed by atoms with Crippen LogP contribution < -0.4 is 15.7 Å². The molecule has 1 aliphatic rings. The molecule has 37 heavy (non-hydrogen) atoms. The predicted octanol–water partition coefficient (Wildman–Crippen LogP) is 5.54. The summed E-state index contributed by atoms with van der Waals surface area (Å²) in [4.78, 5) is 35.4. The Labute approximate surface area is 216 Å². The molecular weight excluding hydrogens is 509 g/mol. The quantitative estimate of drug-likeness (QED) is 0.396. The number of nitrogens with zero attached hydrogens (tertiary/aromatic N) is 2. The fourth-order valence-electron chi connectivity index (χ4n) is 3.61. The molecule has 4 rings (SSSR count). The molecule has 0 spiro atoms. The fraction of sp³-hybridized carbons (Fsp3) is 0.385. The standard InChI is InChI=1S/C26H26ClF3N4O3/c1-25(2,26(28,29)30)23(35)31-13-16-6-11-20(27)19(12-16)22-32-21(33-24(36)34-22)17-7-9-18(10-8-17)37-14-15-4-3-5-15/h6-12,15H,3-5,13-14H2,1-2H3,(H,31,35)(H,32,33,34,36). The summed E-state index contributed by atoms with van der Waals surface area (Å²) in [5, 5.41) is 2.56. The van der Waals surface area contributed by atoms with Crippen LogP contribution in [0.25, 0.3) is 22.8 Å². The normalized spacial score (nSPS) is 14.2. The molecule has 1 saturated carbocycles. The van der Waals surface area contributed by atoms with Crippen molar-refractivity contribution in [1.29, 1.82) is 0 Å². The lowest BCUT2D eigenvalue weighted by molar-refractivity contribution is -0.211. The molecular formula is C26H26ClF3N4O3. The number of ether oxygens (including phenoxy) is 1. The van der Waals surface area contributed by atoms with Crippen LogP contribution >= 0.6 is 11.6 Å². The van der Waals surface area contributed by atoms with Gasteiger partial charge in [0.1, 0.15) is 17.0 Å². The highest BCUT2D eigenvalue weighted by atomic mass is 35.5. The molecule has 1 heterocycles. The number of halogens is 4. The molecule has 1 amide bonds. The zero-order valence-corrected chi connectivity index (χ0v) is 21.0. The van der Waals surface area contributed by atoms with Gasteiger partial charge in [-0.2, -0.15) is 18.2 Å². The molecule has 1 fully saturated rings. The highest BCUT2D eigenvalue weighted by molar-refractivity contribution is 6.33. The maximum Gasteiger partial charge on any atom is 0.402 e. The van der Waals surface area contributed by atoms with E-state index in [-0.39, 0.29) is 23.2 Å². The number of hydrogen-bond donors (Lipinski definition) is 2. The maximum absolute atomic E-state index is 13.1. The molecule has 196 valence electrons. The summed E-state index contributed by atoms with van der Waals surface area (Å²) in [6.45, 7) is 2.13. The molecule has 0 unspecified atom stereocenters. The first-order valence-electron chi connectivity index (χ1n) is 11.8. The largest absolute Gasteiger partial charge is 0.493 e. The lowest BCUT2D eigenvalue weighted by atomic mass is 9.86. The van der Waals surface area contributed by atoms with Crippen molar-refractivity contribution in [3.05, 3.63) is 63.5 Å². The van der Waals surface area contributed by atoms with Crippen LogP contribution in [0.4, 0.5) is 13.2 Å². The SMILES string of the molecule is CC(C)(C(=O)NCc1ccc(Cl)c(-c2nc(-c3ccc(OCC4CCC4)cc3)nc(=O)[nH]2)c1)C(F)(F)F. The van der Waals surface area contributed by atoms with Crippen LogP contribution in [0.5, 0.6) is 5.75 Å². The topological polar surface area (TPSA) is 97.0 Å². The van der Waals surface area contributed by atoms with Gasteiger partial charge in [-0.3, -0.25) is 9.78 Å². The van der Waals surface area contributed by atoms with Gasteiger partial charge in [-0.25, -0.2) is 9.78 Å². The first-order chi connectivity index (χ1) is 17.4. The summed E-state index contributed by atoms with van der Waals surface area (Å²) in [7, 11) is 0. The molecule has 2 aromatic carbocycles. The third-order valence-corrected chi connectivity index (χ3v) is 6.82. The second-order valence-corrected chi connectivity index (χ2v) is 9.99. The number of alkyl halides is 3. The Bertz CT molecular complexity index is 1340. The Morgan fingerprint density at radius 2 is 1.84 bits per heavy atom. The molecule has 7 nitrogen and oxygen atoms in total. The van der Waals surface area contributed by atoms with Crippen molar-refractivity contribution >= 4 is 17.5 Å². The third kappa shape index (κ3) is 6.12. The Balaban J connectivity index is 1.53. The van der Waals surface area contributed by atoms with E-state index in [0.717, 1.165) is 13.8 Å². The van der Waals surface area contributed by atoms with Gasteiger partial charge in [0.2, 0.25) is 5.91 Å². The van der Waals surface area contributed by atoms with Crippen LogP contribution in [0, 0.1) is 11.3 Å². The smallest absolute Gasteiger partial charge is 0.402 e. The van der Waals surface area contributed by atoms with E-state index in [2.05, 4.69) is 20.3 Å². The van der Waals surface area contributed by atoms with E-state index in [0.29, 0.717) is 35.0 Å². The number of H-pyrrole nitrogens is 1. The van der Waals surface area contributed by atoms with E-state index >= 15 is 0 Å². The molecule has 0 aliphatic heterocycles. The fourth-order valence-corrected chi connectivity index (χ4v) is 3.82. The van der Waals surface area contributed by atoms with E-state index in [9.17, 15) is 22.8 Å². The number of aromatic amines is 1. The number of benzene rings is 2. The number of rotatable bonds is 8. The minimum absolute atomic E-state index is 0.133. The minimum Gasteiger partial charge on any atom is -0.493 e. The van der Waals surface area contributed by atoms with Crippen molar-refractivity contribution in [2.45, 2.75) is 45.8 Å². The van der Waals surface area contributed by atoms with Crippen LogP contribution in [0.3, 0.4) is 0 Å². The summed E-state index contributed by atoms with van der Waals surface area (Å²) < 4.78 is 45.2. The van der Waals surface area contributed by atoms with Crippen molar-refractivity contribution in [2.75, 3.05) is 6.61 Å². The van der Waals surface area contributed by atoms with Gasteiger partial charge >= 0.3 is 11.9 Å². The van der Waals surface area contributed by atoms with Crippen LogP contribution in [0.2, 0.25) is 5.02 Å². The molecule has 0 saturated heterocycles. The van der Waals surface area contributed by atoms with E-state index in [1.54, 1.807) is 36.4 Å². The van der Waals surface area contributed by atoms with Gasteiger partial charge in [-0.15, -0.1) is 0 Å². The first kappa shape index (κ1) is 26.7. The summed E-state index contributed by atoms with van der Waals surface area (Å²) in [5.74, 6) is 0.463. The molecule has 2 N–H and O–H groups in total. The van der Waals surface area contributed by atoms with Crippen LogP contribution in [-0.2, 0) is 11.3 Å². The van der Waals surface area contributed by atoms with Crippen molar-refractivity contribution in [1.82, 2.24) is 20.3 Å². The molecule has 1 aromatic heterocycles. The van der Waals surface area contributed by atoms with Gasteiger partial charge in [-0.1, -0.05) is 24.1 Å². The summed E-state index contributed by atoms with van der Waals surface area (Å²) >= 11 is 6.34. The zero-order valence-electron chi connectivity index (χ0n) is 20.3. The second kappa shape index (κ2) is 10.5. The number of carbonyl (C=O) groups excluding carboxylic acids is 1. The first-order valence-corrected chi connectivity index (χ1v) is 12.2. The van der Waals surface area contributed by atoms with Gasteiger partial charge in [0.25, 0.3) is 0 Å². The van der Waals surface area contributed by atoms with Gasteiger partial charge in [0.15, 0.2) is 5.82 Å². The van der Waals surface area contributed by atoms with Crippen molar-refractivity contribution in [2.24, 2.45) is 11.3 Å². The van der Waals surface area contributed by atoms with Gasteiger partial charge in [-0.05, 0) is 74.6 Å². The number of hydrogen-bond acceptors (Lipinski definition) is 5. The number of aromatic nitrogens is 3. The summed E-state index contributed by atoms with van der Waals surface area (Å²) in [6, 6.07) is 11.7. The van der Waals surface area contributed by atoms with Crippen LogP contribution in [0.15, 0.2) is 47.3 Å². The van der Waals surface area contributed by atoms with E-state index in [1.165, 1.54) is 25.3 Å². The van der Waals surface area contributed by atoms with Gasteiger partial charge in [0.05, 0.1) is 11.6 Å². The van der Waals surface area contributed by atoms with Gasteiger partial charge in [0, 0.05) is 17.7 Å². The highest BCUT2D eigenvalue weighted by Gasteiger charge is 2.52. The Morgan fingerprint density at radius 3 is 2.46 bits per heavy atom. The lowest BCUT2D eigenvalue weighted by Gasteiger charge is -2.26. The zero-order chi connectivity index (χ0) is 26.8. The minimum atomic E-state index is -4.69. The van der Waals surface area contributed by atoms with Crippen molar-refractivity contribution in [3.8, 4) is 28.5 Å². The van der Waals surface area contributed by atoms with E-state index < -0.39 is 23.2 Å². The average molecular weight is 535 g/mol. The monoisotopic (exact) mass is 534 g/mol. The third-order valence-electron chi connectivity index (χ3n) is 6.49. The van der Waals surface area contributed by atoms with E-state index in [1.807, 2.05) is 0 Å². The maximum atomic E-state index is 13.1. The van der Waals surface area contributed by atoms with E-state index in [4.69, 9.17) is 16.3 Å². The van der Waals surface area contributed by atoms with Crippen molar-refractivity contribution in [3.63, 3.8) is 0 Å². The predicted molar refractivity (Wildman–Crippen MR) is 133 cm³/mol. The molecule has 11 heteroatoms. The molecule has 1 aliphatic carbocycles. The van der Waals surface area contributed by atoms with Crippen LogP contribution in [0.1, 0.15) is 38.7 Å². The molecule has 0 atom stereocenters. The number of carbonyl (C=O) groups is 1.